The minimum atomic E-state index is -0.222. The predicted octanol–water partition coefficient (Wildman–Crippen LogP) is 4.25. The number of carbonyl (C=O) groups is 1. The summed E-state index contributed by atoms with van der Waals surface area (Å²) in [6, 6.07) is 12.4. The number of aryl methyl sites for hydroxylation is 1. The molecule has 2 aromatic rings. The Labute approximate surface area is 142 Å². The molecule has 2 aromatic carbocycles. The molecular formula is C17H13ClN2O2S. The highest BCUT2D eigenvalue weighted by Gasteiger charge is 2.24. The van der Waals surface area contributed by atoms with Gasteiger partial charge in [-0.05, 0) is 60.2 Å². The van der Waals surface area contributed by atoms with Crippen LogP contribution in [-0.2, 0) is 4.79 Å². The van der Waals surface area contributed by atoms with E-state index in [2.05, 4.69) is 10.3 Å². The van der Waals surface area contributed by atoms with Gasteiger partial charge in [0, 0.05) is 5.02 Å². The molecule has 116 valence electrons. The molecular weight excluding hydrogens is 332 g/mol. The molecule has 0 unspecified atom stereocenters. The Morgan fingerprint density at radius 1 is 1.26 bits per heavy atom. The summed E-state index contributed by atoms with van der Waals surface area (Å²) in [4.78, 5) is 16.8. The maximum atomic E-state index is 12.0. The molecule has 1 heterocycles. The van der Waals surface area contributed by atoms with Gasteiger partial charge in [0.15, 0.2) is 5.17 Å². The number of phenols is 1. The normalized spacial score (nSPS) is 17.7. The third kappa shape index (κ3) is 3.75. The zero-order valence-electron chi connectivity index (χ0n) is 12.2. The summed E-state index contributed by atoms with van der Waals surface area (Å²) in [5.41, 5.74) is 2.20. The number of thioether (sulfide) groups is 1. The Bertz CT molecular complexity index is 846. The lowest BCUT2D eigenvalue weighted by atomic mass is 10.2. The van der Waals surface area contributed by atoms with Crippen molar-refractivity contribution in [2.45, 2.75) is 6.92 Å². The van der Waals surface area contributed by atoms with Gasteiger partial charge >= 0.3 is 0 Å². The Kier molecular flexibility index (Phi) is 4.41. The molecule has 0 bridgehead atoms. The van der Waals surface area contributed by atoms with Gasteiger partial charge in [-0.2, -0.15) is 0 Å². The van der Waals surface area contributed by atoms with Crippen molar-refractivity contribution in [1.29, 1.82) is 0 Å². The molecule has 0 aliphatic carbocycles. The van der Waals surface area contributed by atoms with Crippen molar-refractivity contribution >= 4 is 46.2 Å². The number of halogens is 1. The lowest BCUT2D eigenvalue weighted by molar-refractivity contribution is -0.115. The van der Waals surface area contributed by atoms with E-state index in [1.165, 1.54) is 11.8 Å². The Balaban J connectivity index is 1.86. The highest BCUT2D eigenvalue weighted by molar-refractivity contribution is 8.18. The van der Waals surface area contributed by atoms with Crippen LogP contribution in [0.2, 0.25) is 5.02 Å². The van der Waals surface area contributed by atoms with Gasteiger partial charge in [-0.15, -0.1) is 0 Å². The van der Waals surface area contributed by atoms with Crippen LogP contribution in [0.25, 0.3) is 6.08 Å². The molecule has 2 N–H and O–H groups in total. The van der Waals surface area contributed by atoms with Gasteiger partial charge in [0.1, 0.15) is 11.4 Å². The molecule has 0 aromatic heterocycles. The fraction of sp³-hybridized carbons (Fsp3) is 0.0588. The number of nitrogens with one attached hydrogen (secondary N) is 1. The third-order valence-corrected chi connectivity index (χ3v) is 4.30. The number of hydrogen-bond acceptors (Lipinski definition) is 4. The van der Waals surface area contributed by atoms with Crippen LogP contribution < -0.4 is 5.32 Å². The number of nitrogens with zero attached hydrogens (tertiary/aromatic N) is 1. The summed E-state index contributed by atoms with van der Waals surface area (Å²) < 4.78 is 0. The Hall–Kier alpha value is -2.24. The molecule has 0 radical (unpaired) electrons. The standard InChI is InChI=1S/C17H13ClN2O2S/c1-10-5-6-13(14(21)7-10)19-17-20-16(22)15(23-17)9-11-3-2-4-12(18)8-11/h2-9,21H,1H3,(H,19,20,22)/b15-9-. The topological polar surface area (TPSA) is 61.7 Å². The molecule has 6 heteroatoms. The van der Waals surface area contributed by atoms with E-state index in [9.17, 15) is 9.90 Å². The zero-order valence-corrected chi connectivity index (χ0v) is 13.8. The maximum absolute atomic E-state index is 12.0. The van der Waals surface area contributed by atoms with Gasteiger partial charge < -0.3 is 10.4 Å². The molecule has 0 atom stereocenters. The van der Waals surface area contributed by atoms with Crippen molar-refractivity contribution in [3.63, 3.8) is 0 Å². The van der Waals surface area contributed by atoms with E-state index in [1.54, 1.807) is 30.3 Å². The second-order valence-electron chi connectivity index (χ2n) is 5.03. The lowest BCUT2D eigenvalue weighted by Gasteiger charge is -2.01. The summed E-state index contributed by atoms with van der Waals surface area (Å²) >= 11 is 7.17. The summed E-state index contributed by atoms with van der Waals surface area (Å²) in [6.45, 7) is 1.88. The first kappa shape index (κ1) is 15.6. The molecule has 1 amide bonds. The van der Waals surface area contributed by atoms with Crippen molar-refractivity contribution in [1.82, 2.24) is 5.32 Å². The van der Waals surface area contributed by atoms with E-state index in [0.717, 1.165) is 11.1 Å². The Morgan fingerprint density at radius 2 is 2.09 bits per heavy atom. The monoisotopic (exact) mass is 344 g/mol. The summed E-state index contributed by atoms with van der Waals surface area (Å²) in [5, 5.41) is 13.6. The summed E-state index contributed by atoms with van der Waals surface area (Å²) in [6.07, 6.45) is 1.75. The van der Waals surface area contributed by atoms with Crippen LogP contribution in [0.1, 0.15) is 11.1 Å². The summed E-state index contributed by atoms with van der Waals surface area (Å²) in [5.74, 6) is -0.139. The largest absolute Gasteiger partial charge is 0.506 e. The van der Waals surface area contributed by atoms with E-state index < -0.39 is 0 Å². The van der Waals surface area contributed by atoms with E-state index in [0.29, 0.717) is 20.8 Å². The number of benzene rings is 2. The number of phenolic OH excluding ortho intramolecular Hbond substituents is 1. The lowest BCUT2D eigenvalue weighted by Crippen LogP contribution is -2.19. The molecule has 3 rings (SSSR count). The minimum Gasteiger partial charge on any atom is -0.506 e. The number of aliphatic imine (C=N–C) groups is 1. The smallest absolute Gasteiger partial charge is 0.264 e. The SMILES string of the molecule is Cc1ccc(N=C2NC(=O)/C(=C/c3cccc(Cl)c3)S2)c(O)c1. The average molecular weight is 345 g/mol. The second-order valence-corrected chi connectivity index (χ2v) is 6.50. The Morgan fingerprint density at radius 3 is 2.83 bits per heavy atom. The van der Waals surface area contributed by atoms with Gasteiger partial charge in [-0.3, -0.25) is 4.79 Å². The van der Waals surface area contributed by atoms with Gasteiger partial charge in [0.2, 0.25) is 0 Å². The number of amidine groups is 1. The van der Waals surface area contributed by atoms with Gasteiger partial charge in [-0.25, -0.2) is 4.99 Å². The number of rotatable bonds is 2. The first-order chi connectivity index (χ1) is 11.0. The molecule has 1 aliphatic rings. The number of hydrogen-bond donors (Lipinski definition) is 2. The summed E-state index contributed by atoms with van der Waals surface area (Å²) in [7, 11) is 0. The molecule has 1 aliphatic heterocycles. The zero-order chi connectivity index (χ0) is 16.4. The first-order valence-electron chi connectivity index (χ1n) is 6.86. The van der Waals surface area contributed by atoms with Crippen LogP contribution in [0, 0.1) is 6.92 Å². The maximum Gasteiger partial charge on any atom is 0.264 e. The number of aromatic hydroxyl groups is 1. The highest BCUT2D eigenvalue weighted by Crippen LogP contribution is 2.32. The quantitative estimate of drug-likeness (QED) is 0.801. The van der Waals surface area contributed by atoms with Crippen LogP contribution in [-0.4, -0.2) is 16.2 Å². The van der Waals surface area contributed by atoms with Gasteiger partial charge in [-0.1, -0.05) is 29.8 Å². The molecule has 0 spiro atoms. The van der Waals surface area contributed by atoms with E-state index in [-0.39, 0.29) is 11.7 Å². The third-order valence-electron chi connectivity index (χ3n) is 3.15. The van der Waals surface area contributed by atoms with E-state index >= 15 is 0 Å². The van der Waals surface area contributed by atoms with Crippen LogP contribution in [0.3, 0.4) is 0 Å². The first-order valence-corrected chi connectivity index (χ1v) is 8.05. The van der Waals surface area contributed by atoms with Crippen LogP contribution in [0.5, 0.6) is 5.75 Å². The molecule has 4 nitrogen and oxygen atoms in total. The molecule has 23 heavy (non-hydrogen) atoms. The van der Waals surface area contributed by atoms with Crippen LogP contribution in [0.15, 0.2) is 52.4 Å². The molecule has 0 saturated carbocycles. The van der Waals surface area contributed by atoms with Crippen LogP contribution in [0.4, 0.5) is 5.69 Å². The van der Waals surface area contributed by atoms with Gasteiger partial charge in [0.05, 0.1) is 4.91 Å². The number of carbonyl (C=O) groups excluding carboxylic acids is 1. The molecule has 1 saturated heterocycles. The molecule has 1 fully saturated rings. The highest BCUT2D eigenvalue weighted by atomic mass is 35.5. The fourth-order valence-electron chi connectivity index (χ4n) is 2.07. The van der Waals surface area contributed by atoms with Crippen LogP contribution >= 0.6 is 23.4 Å². The second kappa shape index (κ2) is 6.48. The van der Waals surface area contributed by atoms with E-state index in [4.69, 9.17) is 11.6 Å². The van der Waals surface area contributed by atoms with Gasteiger partial charge in [0.25, 0.3) is 5.91 Å². The minimum absolute atomic E-state index is 0.0830. The van der Waals surface area contributed by atoms with Crippen molar-refractivity contribution in [3.05, 3.63) is 63.5 Å². The average Bonchev–Trinajstić information content (AvgIpc) is 2.82. The van der Waals surface area contributed by atoms with E-state index in [1.807, 2.05) is 25.1 Å². The van der Waals surface area contributed by atoms with Crippen molar-refractivity contribution in [2.24, 2.45) is 4.99 Å². The fourth-order valence-corrected chi connectivity index (χ4v) is 3.10. The van der Waals surface area contributed by atoms with Crippen molar-refractivity contribution in [3.8, 4) is 5.75 Å². The predicted molar refractivity (Wildman–Crippen MR) is 95.1 cm³/mol. The van der Waals surface area contributed by atoms with Crippen molar-refractivity contribution < 1.29 is 9.90 Å². The number of amides is 1. The van der Waals surface area contributed by atoms with Crippen molar-refractivity contribution in [2.75, 3.05) is 0 Å².